The quantitative estimate of drug-likeness (QED) is 0.436. The zero-order valence-corrected chi connectivity index (χ0v) is 13.6. The Labute approximate surface area is 139 Å². The number of halogens is 4. The molecule has 0 spiro atoms. The smallest absolute Gasteiger partial charge is 0.194 e. The van der Waals surface area contributed by atoms with Crippen molar-refractivity contribution >= 4 is 0 Å². The molecule has 0 saturated heterocycles. The van der Waals surface area contributed by atoms with Crippen LogP contribution in [-0.2, 0) is 0 Å². The van der Waals surface area contributed by atoms with Gasteiger partial charge in [0.2, 0.25) is 0 Å². The Hall–Kier alpha value is -1.84. The van der Waals surface area contributed by atoms with E-state index in [1.165, 1.54) is 18.6 Å². The number of rotatable bonds is 4. The van der Waals surface area contributed by atoms with Crippen LogP contribution in [0.3, 0.4) is 0 Å². The molecular formula is C20H20F4. The summed E-state index contributed by atoms with van der Waals surface area (Å²) < 4.78 is 54.2. The average molecular weight is 336 g/mol. The van der Waals surface area contributed by atoms with Gasteiger partial charge in [-0.05, 0) is 60.4 Å². The number of hydrogen-bond acceptors (Lipinski definition) is 0. The maximum absolute atomic E-state index is 14.5. The molecular weight excluding hydrogens is 316 g/mol. The molecule has 0 nitrogen and oxygen atoms in total. The zero-order valence-electron chi connectivity index (χ0n) is 13.6. The molecule has 2 atom stereocenters. The van der Waals surface area contributed by atoms with E-state index < -0.39 is 23.3 Å². The van der Waals surface area contributed by atoms with E-state index >= 15 is 0 Å². The van der Waals surface area contributed by atoms with Crippen molar-refractivity contribution in [1.82, 2.24) is 0 Å². The minimum atomic E-state index is -1.54. The summed E-state index contributed by atoms with van der Waals surface area (Å²) in [6.07, 6.45) is 5.63. The molecule has 1 fully saturated rings. The highest BCUT2D eigenvalue weighted by Crippen LogP contribution is 2.41. The Morgan fingerprint density at radius 2 is 1.62 bits per heavy atom. The maximum Gasteiger partial charge on any atom is 0.194 e. The Bertz CT molecular complexity index is 715. The van der Waals surface area contributed by atoms with Gasteiger partial charge in [0.05, 0.1) is 0 Å². The predicted molar refractivity (Wildman–Crippen MR) is 86.7 cm³/mol. The van der Waals surface area contributed by atoms with E-state index in [1.54, 1.807) is 0 Å². The molecule has 0 amide bonds. The van der Waals surface area contributed by atoms with Crippen molar-refractivity contribution in [1.29, 1.82) is 0 Å². The van der Waals surface area contributed by atoms with Gasteiger partial charge in [0, 0.05) is 5.56 Å². The first-order chi connectivity index (χ1) is 11.5. The Morgan fingerprint density at radius 3 is 2.25 bits per heavy atom. The van der Waals surface area contributed by atoms with Crippen LogP contribution in [0.25, 0.3) is 11.1 Å². The fraction of sp³-hybridized carbons (Fsp3) is 0.400. The molecule has 0 aliphatic heterocycles. The molecule has 2 aromatic rings. The average Bonchev–Trinajstić information content (AvgIpc) is 3.01. The summed E-state index contributed by atoms with van der Waals surface area (Å²) in [5.74, 6) is -3.66. The maximum atomic E-state index is 14.5. The van der Waals surface area contributed by atoms with Crippen molar-refractivity contribution in [2.45, 2.75) is 44.9 Å². The molecule has 0 heterocycles. The summed E-state index contributed by atoms with van der Waals surface area (Å²) in [6, 6.07) is 6.45. The lowest BCUT2D eigenvalue weighted by Crippen LogP contribution is -1.98. The molecule has 2 aromatic carbocycles. The van der Waals surface area contributed by atoms with Crippen LogP contribution in [0.15, 0.2) is 30.3 Å². The van der Waals surface area contributed by atoms with Gasteiger partial charge >= 0.3 is 0 Å². The second-order valence-electron chi connectivity index (χ2n) is 6.66. The zero-order chi connectivity index (χ0) is 17.3. The Morgan fingerprint density at radius 1 is 0.917 bits per heavy atom. The van der Waals surface area contributed by atoms with Gasteiger partial charge < -0.3 is 0 Å². The summed E-state index contributed by atoms with van der Waals surface area (Å²) in [4.78, 5) is 0. The lowest BCUT2D eigenvalue weighted by Gasteiger charge is -2.13. The molecule has 1 aliphatic rings. The fourth-order valence-electron chi connectivity index (χ4n) is 3.78. The molecule has 128 valence electrons. The lowest BCUT2D eigenvalue weighted by molar-refractivity contribution is 0.447. The van der Waals surface area contributed by atoms with E-state index in [1.807, 2.05) is 6.07 Å². The summed E-state index contributed by atoms with van der Waals surface area (Å²) >= 11 is 0. The molecule has 3 rings (SSSR count). The van der Waals surface area contributed by atoms with E-state index in [4.69, 9.17) is 0 Å². The topological polar surface area (TPSA) is 0 Å². The third-order valence-corrected chi connectivity index (χ3v) is 5.00. The standard InChI is InChI=1S/C20H20F4/c1-2-3-12-4-5-13(8-12)14-6-7-16(17(21)9-14)15-10-18(22)20(24)19(23)11-15/h6-7,9-13H,2-5,8H2,1H3. The van der Waals surface area contributed by atoms with Crippen molar-refractivity contribution in [3.8, 4) is 11.1 Å². The van der Waals surface area contributed by atoms with E-state index in [2.05, 4.69) is 6.92 Å². The van der Waals surface area contributed by atoms with Gasteiger partial charge in [-0.15, -0.1) is 0 Å². The molecule has 0 bridgehead atoms. The Balaban J connectivity index is 1.86. The van der Waals surface area contributed by atoms with Crippen LogP contribution in [0.1, 0.15) is 50.5 Å². The van der Waals surface area contributed by atoms with Crippen LogP contribution in [-0.4, -0.2) is 0 Å². The van der Waals surface area contributed by atoms with Crippen LogP contribution in [0.4, 0.5) is 17.6 Å². The first kappa shape index (κ1) is 17.0. The highest BCUT2D eigenvalue weighted by atomic mass is 19.2. The molecule has 24 heavy (non-hydrogen) atoms. The fourth-order valence-corrected chi connectivity index (χ4v) is 3.78. The van der Waals surface area contributed by atoms with Gasteiger partial charge in [0.1, 0.15) is 5.82 Å². The molecule has 1 saturated carbocycles. The molecule has 0 aromatic heterocycles. The first-order valence-electron chi connectivity index (χ1n) is 8.44. The highest BCUT2D eigenvalue weighted by molar-refractivity contribution is 5.65. The van der Waals surface area contributed by atoms with Gasteiger partial charge in [-0.25, -0.2) is 17.6 Å². The normalized spacial score (nSPS) is 20.5. The molecule has 0 N–H and O–H groups in total. The highest BCUT2D eigenvalue weighted by Gasteiger charge is 2.26. The molecule has 2 unspecified atom stereocenters. The summed E-state index contributed by atoms with van der Waals surface area (Å²) in [6.45, 7) is 2.17. The van der Waals surface area contributed by atoms with Gasteiger partial charge in [-0.1, -0.05) is 31.9 Å². The van der Waals surface area contributed by atoms with Gasteiger partial charge in [-0.3, -0.25) is 0 Å². The summed E-state index contributed by atoms with van der Waals surface area (Å²) in [5.41, 5.74) is 1.02. The third kappa shape index (κ3) is 3.33. The molecule has 4 heteroatoms. The second kappa shape index (κ2) is 6.96. The summed E-state index contributed by atoms with van der Waals surface area (Å²) in [5, 5.41) is 0. The van der Waals surface area contributed by atoms with E-state index in [-0.39, 0.29) is 11.1 Å². The SMILES string of the molecule is CCCC1CCC(c2ccc(-c3cc(F)c(F)c(F)c3)c(F)c2)C1. The second-order valence-corrected chi connectivity index (χ2v) is 6.66. The molecule has 0 radical (unpaired) electrons. The van der Waals surface area contributed by atoms with E-state index in [0.29, 0.717) is 11.8 Å². The minimum absolute atomic E-state index is 0.00531. The van der Waals surface area contributed by atoms with Gasteiger partial charge in [0.25, 0.3) is 0 Å². The van der Waals surface area contributed by atoms with Crippen molar-refractivity contribution < 1.29 is 17.6 Å². The van der Waals surface area contributed by atoms with Gasteiger partial charge in [-0.2, -0.15) is 0 Å². The van der Waals surface area contributed by atoms with Crippen molar-refractivity contribution in [2.75, 3.05) is 0 Å². The monoisotopic (exact) mass is 336 g/mol. The minimum Gasteiger partial charge on any atom is -0.206 e. The third-order valence-electron chi connectivity index (χ3n) is 5.00. The number of hydrogen-bond donors (Lipinski definition) is 0. The van der Waals surface area contributed by atoms with Crippen molar-refractivity contribution in [3.05, 3.63) is 59.2 Å². The lowest BCUT2D eigenvalue weighted by atomic mass is 9.93. The van der Waals surface area contributed by atoms with E-state index in [0.717, 1.165) is 43.4 Å². The predicted octanol–water partition coefficient (Wildman–Crippen LogP) is 6.59. The Kier molecular flexibility index (Phi) is 4.93. The largest absolute Gasteiger partial charge is 0.206 e. The van der Waals surface area contributed by atoms with Crippen LogP contribution in [0.2, 0.25) is 0 Å². The van der Waals surface area contributed by atoms with E-state index in [9.17, 15) is 17.6 Å². The number of benzene rings is 2. The first-order valence-corrected chi connectivity index (χ1v) is 8.44. The van der Waals surface area contributed by atoms with Crippen LogP contribution in [0, 0.1) is 29.2 Å². The molecule has 1 aliphatic carbocycles. The van der Waals surface area contributed by atoms with Crippen LogP contribution in [0.5, 0.6) is 0 Å². The summed E-state index contributed by atoms with van der Waals surface area (Å²) in [7, 11) is 0. The van der Waals surface area contributed by atoms with Crippen molar-refractivity contribution in [2.24, 2.45) is 5.92 Å². The van der Waals surface area contributed by atoms with Crippen molar-refractivity contribution in [3.63, 3.8) is 0 Å². The van der Waals surface area contributed by atoms with Crippen LogP contribution >= 0.6 is 0 Å². The van der Waals surface area contributed by atoms with Crippen LogP contribution < -0.4 is 0 Å². The van der Waals surface area contributed by atoms with Gasteiger partial charge in [0.15, 0.2) is 17.5 Å².